The minimum absolute atomic E-state index is 0.0272. The molecule has 4 aliphatic rings. The molecule has 0 bridgehead atoms. The van der Waals surface area contributed by atoms with Crippen molar-refractivity contribution in [2.24, 2.45) is 16.8 Å². The number of hydrogen-bond donors (Lipinski definition) is 6. The molecule has 4 aliphatic carbocycles. The van der Waals surface area contributed by atoms with Crippen molar-refractivity contribution in [1.29, 1.82) is 0 Å². The molecule has 6 N–H and O–H groups in total. The van der Waals surface area contributed by atoms with Crippen LogP contribution in [0.1, 0.15) is 52.7 Å². The third kappa shape index (κ3) is 8.96. The number of carbonyl (C=O) groups is 5. The fourth-order valence-corrected chi connectivity index (χ4v) is 8.68. The fourth-order valence-electron chi connectivity index (χ4n) is 8.68. The first-order valence-electron chi connectivity index (χ1n) is 22.4. The van der Waals surface area contributed by atoms with E-state index in [4.69, 9.17) is 0 Å². The Hall–Kier alpha value is -8.38. The molecule has 0 aliphatic heterocycles. The number of anilines is 5. The Morgan fingerprint density at radius 2 is 0.897 bits per heavy atom. The van der Waals surface area contributed by atoms with Gasteiger partial charge in [0, 0.05) is 51.5 Å². The van der Waals surface area contributed by atoms with Crippen molar-refractivity contribution in [1.82, 2.24) is 0 Å². The van der Waals surface area contributed by atoms with E-state index in [1.165, 1.54) is 12.4 Å². The predicted octanol–water partition coefficient (Wildman–Crippen LogP) is 11.0. The van der Waals surface area contributed by atoms with Crippen molar-refractivity contribution in [3.63, 3.8) is 0 Å². The lowest BCUT2D eigenvalue weighted by Gasteiger charge is -2.32. The van der Waals surface area contributed by atoms with Crippen molar-refractivity contribution < 1.29 is 29.1 Å². The maximum Gasteiger partial charge on any atom is 0.235 e. The minimum atomic E-state index is -0.877. The first-order chi connectivity index (χ1) is 32.5. The molecule has 0 atom stereocenters. The molecule has 68 heavy (non-hydrogen) atoms. The van der Waals surface area contributed by atoms with Crippen LogP contribution in [0.4, 0.5) is 34.1 Å². The van der Waals surface area contributed by atoms with E-state index < -0.39 is 40.6 Å². The quantitative estimate of drug-likeness (QED) is 0.0262. The number of aliphatic hydroxyl groups is 1. The third-order valence-corrected chi connectivity index (χ3v) is 12.2. The van der Waals surface area contributed by atoms with Gasteiger partial charge in [0.25, 0.3) is 0 Å². The highest BCUT2D eigenvalue weighted by Gasteiger charge is 2.44. The van der Waals surface area contributed by atoms with E-state index in [0.29, 0.717) is 39.2 Å². The molecule has 0 saturated heterocycles. The van der Waals surface area contributed by atoms with Crippen molar-refractivity contribution in [3.8, 4) is 0 Å². The second-order valence-corrected chi connectivity index (χ2v) is 17.8. The number of nitrogens with zero attached hydrogens (tertiary/aromatic N) is 1. The highest BCUT2D eigenvalue weighted by molar-refractivity contribution is 6.56. The summed E-state index contributed by atoms with van der Waals surface area (Å²) in [7, 11) is 0. The van der Waals surface area contributed by atoms with E-state index in [0.717, 1.165) is 33.9 Å². The van der Waals surface area contributed by atoms with Gasteiger partial charge in [0.1, 0.15) is 0 Å². The number of allylic oxidation sites excluding steroid dienone is 14. The Bertz CT molecular complexity index is 3110. The van der Waals surface area contributed by atoms with Gasteiger partial charge in [-0.3, -0.25) is 29.0 Å². The van der Waals surface area contributed by atoms with Crippen molar-refractivity contribution >= 4 is 69.3 Å². The number of Topliss-reactive ketones (excluding diaryl/α,β-unsaturated/α-hetero) is 5. The van der Waals surface area contributed by atoms with Crippen LogP contribution in [0.2, 0.25) is 0 Å². The summed E-state index contributed by atoms with van der Waals surface area (Å²) in [6, 6.07) is 30.1. The molecule has 0 unspecified atom stereocenters. The number of hydrazine groups is 2. The number of aliphatic hydroxyl groups excluding tert-OH is 1. The van der Waals surface area contributed by atoms with Gasteiger partial charge in [0.15, 0.2) is 17.3 Å². The van der Waals surface area contributed by atoms with Gasteiger partial charge in [0.2, 0.25) is 17.3 Å². The molecule has 0 amide bonds. The van der Waals surface area contributed by atoms with Crippen LogP contribution in [0.3, 0.4) is 0 Å². The summed E-state index contributed by atoms with van der Waals surface area (Å²) in [5.74, 6) is -4.80. The molecular weight excluding hydrogens is 853 g/mol. The zero-order chi connectivity index (χ0) is 48.6. The highest BCUT2D eigenvalue weighted by atomic mass is 16.3. The topological polar surface area (TPSA) is 178 Å². The van der Waals surface area contributed by atoms with Crippen LogP contribution in [0.15, 0.2) is 193 Å². The smallest absolute Gasteiger partial charge is 0.235 e. The molecule has 0 aromatic heterocycles. The molecule has 4 aromatic carbocycles. The van der Waals surface area contributed by atoms with Crippen LogP contribution >= 0.6 is 0 Å². The molecule has 0 radical (unpaired) electrons. The Morgan fingerprint density at radius 1 is 0.471 bits per heavy atom. The van der Waals surface area contributed by atoms with E-state index in [9.17, 15) is 19.5 Å². The van der Waals surface area contributed by atoms with Crippen LogP contribution in [-0.4, -0.2) is 40.2 Å². The number of benzene rings is 4. The van der Waals surface area contributed by atoms with Gasteiger partial charge in [0.05, 0.1) is 39.6 Å². The van der Waals surface area contributed by atoms with Crippen molar-refractivity contribution in [3.05, 3.63) is 199 Å². The number of rotatable bonds is 12. The molecule has 342 valence electrons. The maximum absolute atomic E-state index is 15.2. The number of nitrogens with one attached hydrogen (secondary N) is 5. The fraction of sp³-hybridized carbons (Fsp3) is 0.179. The standard InChI is InChI=1S/C56H52N6O6/c1-29(2)45-41-25-33(7)47(53(65)49(41)43(51(63)55(45)67)27-57-35-17-21-39(22-18-35)61-59-37-13-9-31(5)10-14-37)48-34(8)26-42-46(30(3)4)56(68)52(64)44(50(42)54(48)66)28-58-36-19-23-40(24-20-36)62-60-38-15-11-32(6)12-16-38/h9-30,57,59-62,67H,1-8H3/b43-27-,48-47-,58-28?. The molecule has 8 rings (SSSR count). The third-order valence-electron chi connectivity index (χ3n) is 12.2. The number of ketones is 5. The number of hydrogen-bond acceptors (Lipinski definition) is 12. The molecule has 0 heterocycles. The summed E-state index contributed by atoms with van der Waals surface area (Å²) in [6.07, 6.45) is 6.06. The first kappa shape index (κ1) is 46.2. The van der Waals surface area contributed by atoms with Crippen molar-refractivity contribution in [2.45, 2.75) is 55.4 Å². The van der Waals surface area contributed by atoms with Crippen LogP contribution < -0.4 is 27.0 Å². The van der Waals surface area contributed by atoms with Crippen LogP contribution in [-0.2, 0) is 24.0 Å². The summed E-state index contributed by atoms with van der Waals surface area (Å²) < 4.78 is 0. The predicted molar refractivity (Wildman–Crippen MR) is 270 cm³/mol. The monoisotopic (exact) mass is 904 g/mol. The van der Waals surface area contributed by atoms with Gasteiger partial charge in [-0.05, 0) is 135 Å². The van der Waals surface area contributed by atoms with E-state index in [1.807, 2.05) is 88.4 Å². The van der Waals surface area contributed by atoms with E-state index in [1.54, 1.807) is 76.2 Å². The van der Waals surface area contributed by atoms with Crippen molar-refractivity contribution in [2.75, 3.05) is 27.0 Å². The summed E-state index contributed by atoms with van der Waals surface area (Å²) in [6.45, 7) is 14.6. The average molecular weight is 905 g/mol. The summed E-state index contributed by atoms with van der Waals surface area (Å²) in [5.41, 5.74) is 21.1. The minimum Gasteiger partial charge on any atom is -0.504 e. The molecule has 0 fully saturated rings. The number of aliphatic imine (C=N–C) groups is 1. The zero-order valence-electron chi connectivity index (χ0n) is 39.1. The molecule has 12 nitrogen and oxygen atoms in total. The normalized spacial score (nSPS) is 18.2. The summed E-state index contributed by atoms with van der Waals surface area (Å²) in [5, 5.41) is 14.5. The maximum atomic E-state index is 15.2. The zero-order valence-corrected chi connectivity index (χ0v) is 39.1. The highest BCUT2D eigenvalue weighted by Crippen LogP contribution is 2.46. The average Bonchev–Trinajstić information content (AvgIpc) is 3.30. The molecular formula is C56H52N6O6. The summed E-state index contributed by atoms with van der Waals surface area (Å²) in [4.78, 5) is 76.9. The van der Waals surface area contributed by atoms with E-state index in [2.05, 4.69) is 32.0 Å². The Morgan fingerprint density at radius 3 is 1.38 bits per heavy atom. The lowest BCUT2D eigenvalue weighted by Crippen LogP contribution is -2.34. The van der Waals surface area contributed by atoms with E-state index in [-0.39, 0.29) is 44.9 Å². The lowest BCUT2D eigenvalue weighted by atomic mass is 9.69. The van der Waals surface area contributed by atoms with Gasteiger partial charge in [-0.15, -0.1) is 0 Å². The number of aryl methyl sites for hydroxylation is 2. The Balaban J connectivity index is 1.15. The SMILES string of the molecule is CC1=CC2=C(C(C)C)C(=O)C(=O)C(C=Nc3ccc(NNc4ccc(C)cc4)cc3)=C2C(=O)/C1=C1\C(=O)C2=C(C=C1C)C(C(C)C)=C(O)C(=O)/C2=C\Nc1ccc(NNc2ccc(C)cc2)cc1. The number of fused-ring (bicyclic) bond motifs is 1. The van der Waals surface area contributed by atoms with Gasteiger partial charge in [-0.25, -0.2) is 0 Å². The van der Waals surface area contributed by atoms with Crippen LogP contribution in [0, 0.1) is 25.7 Å². The largest absolute Gasteiger partial charge is 0.504 e. The van der Waals surface area contributed by atoms with Gasteiger partial charge >= 0.3 is 0 Å². The second-order valence-electron chi connectivity index (χ2n) is 17.8. The number of carbonyl (C=O) groups excluding carboxylic acids is 5. The van der Waals surface area contributed by atoms with Gasteiger partial charge in [-0.2, -0.15) is 0 Å². The molecule has 4 aromatic rings. The first-order valence-corrected chi connectivity index (χ1v) is 22.4. The molecule has 0 spiro atoms. The van der Waals surface area contributed by atoms with Gasteiger partial charge < -0.3 is 32.1 Å². The summed E-state index contributed by atoms with van der Waals surface area (Å²) >= 11 is 0. The second kappa shape index (κ2) is 18.8. The molecule has 0 saturated carbocycles. The van der Waals surface area contributed by atoms with Gasteiger partial charge in [-0.1, -0.05) is 75.2 Å². The van der Waals surface area contributed by atoms with E-state index >= 15 is 9.59 Å². The lowest BCUT2D eigenvalue weighted by molar-refractivity contribution is -0.132. The van der Waals surface area contributed by atoms with Crippen LogP contribution in [0.25, 0.3) is 0 Å². The Kier molecular flexibility index (Phi) is 12.8. The van der Waals surface area contributed by atoms with Crippen LogP contribution in [0.5, 0.6) is 0 Å². The Labute approximate surface area is 395 Å². The molecule has 12 heteroatoms.